The first-order valence-electron chi connectivity index (χ1n) is 6.11. The summed E-state index contributed by atoms with van der Waals surface area (Å²) in [4.78, 5) is 0. The Balaban J connectivity index is 2.14. The fourth-order valence-corrected chi connectivity index (χ4v) is 2.31. The van der Waals surface area contributed by atoms with E-state index >= 15 is 0 Å². The summed E-state index contributed by atoms with van der Waals surface area (Å²) in [6.45, 7) is 2.62. The lowest BCUT2D eigenvalue weighted by atomic mass is 9.64. The van der Waals surface area contributed by atoms with Gasteiger partial charge in [-0.25, -0.2) is 0 Å². The highest BCUT2D eigenvalue weighted by molar-refractivity contribution is 5.32. The quantitative estimate of drug-likeness (QED) is 0.865. The van der Waals surface area contributed by atoms with Gasteiger partial charge in [-0.15, -0.1) is 0 Å². The minimum absolute atomic E-state index is 0.183. The van der Waals surface area contributed by atoms with Crippen LogP contribution in [-0.4, -0.2) is 6.61 Å². The Morgan fingerprint density at radius 2 is 2.06 bits per heavy atom. The Kier molecular flexibility index (Phi) is 3.35. The van der Waals surface area contributed by atoms with Crippen molar-refractivity contribution in [2.45, 2.75) is 32.2 Å². The van der Waals surface area contributed by atoms with Crippen molar-refractivity contribution in [3.8, 4) is 11.8 Å². The number of benzene rings is 1. The molecule has 0 amide bonds. The number of rotatable bonds is 4. The fourth-order valence-electron chi connectivity index (χ4n) is 2.31. The molecule has 1 aromatic rings. The molecule has 0 radical (unpaired) electrons. The number of hydrogen-bond acceptors (Lipinski definition) is 3. The van der Waals surface area contributed by atoms with E-state index in [0.717, 1.165) is 30.6 Å². The molecule has 2 rings (SSSR count). The van der Waals surface area contributed by atoms with Crippen molar-refractivity contribution in [1.29, 1.82) is 5.26 Å². The van der Waals surface area contributed by atoms with Crippen LogP contribution in [0.25, 0.3) is 0 Å². The average Bonchev–Trinajstić information content (AvgIpc) is 2.29. The van der Waals surface area contributed by atoms with Crippen LogP contribution < -0.4 is 10.5 Å². The number of hydrogen-bond donors (Lipinski definition) is 1. The highest BCUT2D eigenvalue weighted by Crippen LogP contribution is 2.48. The van der Waals surface area contributed by atoms with E-state index in [4.69, 9.17) is 10.5 Å². The minimum Gasteiger partial charge on any atom is -0.494 e. The van der Waals surface area contributed by atoms with Gasteiger partial charge in [0.2, 0.25) is 0 Å². The Hall–Kier alpha value is -1.53. The number of ether oxygens (including phenoxy) is 1. The maximum atomic E-state index is 9.25. The molecule has 0 aliphatic heterocycles. The van der Waals surface area contributed by atoms with Crippen molar-refractivity contribution >= 4 is 0 Å². The highest BCUT2D eigenvalue weighted by atomic mass is 16.5. The molecule has 1 unspecified atom stereocenters. The molecule has 0 aromatic heterocycles. The summed E-state index contributed by atoms with van der Waals surface area (Å²) in [5.41, 5.74) is 6.89. The highest BCUT2D eigenvalue weighted by Gasteiger charge is 2.43. The first-order valence-corrected chi connectivity index (χ1v) is 6.11. The van der Waals surface area contributed by atoms with Crippen LogP contribution in [-0.2, 0) is 0 Å². The van der Waals surface area contributed by atoms with E-state index in [1.54, 1.807) is 0 Å². The molecule has 1 atom stereocenters. The largest absolute Gasteiger partial charge is 0.494 e. The van der Waals surface area contributed by atoms with E-state index in [2.05, 4.69) is 6.07 Å². The molecule has 1 saturated carbocycles. The summed E-state index contributed by atoms with van der Waals surface area (Å²) in [6, 6.07) is 9.98. The van der Waals surface area contributed by atoms with Gasteiger partial charge in [-0.3, -0.25) is 0 Å². The van der Waals surface area contributed by atoms with Crippen molar-refractivity contribution < 1.29 is 4.74 Å². The van der Waals surface area contributed by atoms with Crippen LogP contribution in [0, 0.1) is 16.7 Å². The van der Waals surface area contributed by atoms with Crippen LogP contribution >= 0.6 is 0 Å². The summed E-state index contributed by atoms with van der Waals surface area (Å²) in [7, 11) is 0. The zero-order valence-electron chi connectivity index (χ0n) is 10.1. The molecule has 0 bridgehead atoms. The molecule has 1 aliphatic rings. The number of nitriles is 1. The van der Waals surface area contributed by atoms with Crippen LogP contribution in [0.1, 0.15) is 37.8 Å². The third kappa shape index (κ3) is 2.13. The Labute approximate surface area is 102 Å². The van der Waals surface area contributed by atoms with Gasteiger partial charge in [0.15, 0.2) is 0 Å². The lowest BCUT2D eigenvalue weighted by Crippen LogP contribution is -2.39. The molecule has 17 heavy (non-hydrogen) atoms. The van der Waals surface area contributed by atoms with Crippen molar-refractivity contribution in [3.05, 3.63) is 29.8 Å². The lowest BCUT2D eigenvalue weighted by molar-refractivity contribution is 0.169. The third-order valence-corrected chi connectivity index (χ3v) is 3.61. The van der Waals surface area contributed by atoms with Crippen molar-refractivity contribution in [2.75, 3.05) is 6.61 Å². The van der Waals surface area contributed by atoms with Gasteiger partial charge in [-0.1, -0.05) is 18.6 Å². The topological polar surface area (TPSA) is 59.0 Å². The SMILES string of the molecule is CCOc1ccc(C(N)C2(C#N)CCC2)cc1. The Bertz CT molecular complexity index is 415. The van der Waals surface area contributed by atoms with Crippen molar-refractivity contribution in [1.82, 2.24) is 0 Å². The van der Waals surface area contributed by atoms with Gasteiger partial charge >= 0.3 is 0 Å². The molecule has 0 heterocycles. The molecule has 0 spiro atoms. The van der Waals surface area contributed by atoms with Crippen molar-refractivity contribution in [2.24, 2.45) is 11.1 Å². The molecular weight excluding hydrogens is 212 g/mol. The van der Waals surface area contributed by atoms with Gasteiger partial charge in [0.05, 0.1) is 18.1 Å². The second-order valence-corrected chi connectivity index (χ2v) is 4.60. The zero-order valence-corrected chi connectivity index (χ0v) is 10.1. The summed E-state index contributed by atoms with van der Waals surface area (Å²) in [5, 5.41) is 9.25. The van der Waals surface area contributed by atoms with Crippen LogP contribution in [0.2, 0.25) is 0 Å². The van der Waals surface area contributed by atoms with Gasteiger partial charge in [-0.05, 0) is 37.5 Å². The fraction of sp³-hybridized carbons (Fsp3) is 0.500. The Morgan fingerprint density at radius 3 is 2.47 bits per heavy atom. The predicted octanol–water partition coefficient (Wildman–Crippen LogP) is 2.78. The van der Waals surface area contributed by atoms with Gasteiger partial charge in [-0.2, -0.15) is 5.26 Å². The third-order valence-electron chi connectivity index (χ3n) is 3.61. The van der Waals surface area contributed by atoms with Crippen molar-refractivity contribution in [3.63, 3.8) is 0 Å². The monoisotopic (exact) mass is 230 g/mol. The van der Waals surface area contributed by atoms with E-state index in [-0.39, 0.29) is 11.5 Å². The normalized spacial score (nSPS) is 18.9. The molecule has 1 fully saturated rings. The Morgan fingerprint density at radius 1 is 1.41 bits per heavy atom. The standard InChI is InChI=1S/C14H18N2O/c1-2-17-12-6-4-11(5-7-12)13(16)14(10-15)8-3-9-14/h4-7,13H,2-3,8-9,16H2,1H3. The van der Waals surface area contributed by atoms with E-state index in [9.17, 15) is 5.26 Å². The second kappa shape index (κ2) is 4.77. The zero-order chi connectivity index (χ0) is 12.3. The minimum atomic E-state index is -0.340. The predicted molar refractivity (Wildman–Crippen MR) is 66.4 cm³/mol. The first kappa shape index (κ1) is 11.9. The molecule has 1 aromatic carbocycles. The van der Waals surface area contributed by atoms with Crippen LogP contribution in [0.4, 0.5) is 0 Å². The van der Waals surface area contributed by atoms with Gasteiger partial charge in [0, 0.05) is 6.04 Å². The van der Waals surface area contributed by atoms with E-state index in [1.165, 1.54) is 0 Å². The van der Waals surface area contributed by atoms with Crippen LogP contribution in [0.5, 0.6) is 5.75 Å². The van der Waals surface area contributed by atoms with Crippen LogP contribution in [0.3, 0.4) is 0 Å². The van der Waals surface area contributed by atoms with Gasteiger partial charge in [0.1, 0.15) is 5.75 Å². The molecule has 1 aliphatic carbocycles. The maximum absolute atomic E-state index is 9.25. The number of nitrogens with two attached hydrogens (primary N) is 1. The summed E-state index contributed by atoms with van der Waals surface area (Å²) < 4.78 is 5.39. The second-order valence-electron chi connectivity index (χ2n) is 4.60. The average molecular weight is 230 g/mol. The van der Waals surface area contributed by atoms with Crippen LogP contribution in [0.15, 0.2) is 24.3 Å². The van der Waals surface area contributed by atoms with E-state index < -0.39 is 0 Å². The summed E-state index contributed by atoms with van der Waals surface area (Å²) in [5.74, 6) is 0.850. The first-order chi connectivity index (χ1) is 8.22. The smallest absolute Gasteiger partial charge is 0.119 e. The van der Waals surface area contributed by atoms with Gasteiger partial charge in [0.25, 0.3) is 0 Å². The molecule has 2 N–H and O–H groups in total. The number of nitrogens with zero attached hydrogens (tertiary/aromatic N) is 1. The molecule has 90 valence electrons. The molecule has 3 heteroatoms. The summed E-state index contributed by atoms with van der Waals surface area (Å²) >= 11 is 0. The maximum Gasteiger partial charge on any atom is 0.119 e. The molecule has 3 nitrogen and oxygen atoms in total. The van der Waals surface area contributed by atoms with Gasteiger partial charge < -0.3 is 10.5 Å². The summed E-state index contributed by atoms with van der Waals surface area (Å²) in [6.07, 6.45) is 2.94. The molecular formula is C14H18N2O. The lowest BCUT2D eigenvalue weighted by Gasteiger charge is -2.40. The molecule has 0 saturated heterocycles. The van der Waals surface area contributed by atoms with E-state index in [0.29, 0.717) is 6.61 Å². The van der Waals surface area contributed by atoms with E-state index in [1.807, 2.05) is 31.2 Å².